The molecule has 0 aliphatic carbocycles. The van der Waals surface area contributed by atoms with Crippen LogP contribution in [0.15, 0.2) is 64.4 Å². The number of aliphatic imine (C=N–C) groups is 1. The van der Waals surface area contributed by atoms with E-state index in [0.717, 1.165) is 23.2 Å². The highest BCUT2D eigenvalue weighted by atomic mass is 16.2. The zero-order valence-corrected chi connectivity index (χ0v) is 15.4. The van der Waals surface area contributed by atoms with Crippen LogP contribution in [0.2, 0.25) is 0 Å². The van der Waals surface area contributed by atoms with Crippen molar-refractivity contribution in [3.8, 4) is 5.69 Å². The highest BCUT2D eigenvalue weighted by Gasteiger charge is 2.11. The summed E-state index contributed by atoms with van der Waals surface area (Å²) in [4.78, 5) is 28.4. The molecule has 3 aromatic rings. The second-order valence-corrected chi connectivity index (χ2v) is 6.36. The van der Waals surface area contributed by atoms with Crippen LogP contribution in [0.1, 0.15) is 22.4 Å². The van der Waals surface area contributed by atoms with Crippen LogP contribution in [-0.4, -0.2) is 28.6 Å². The van der Waals surface area contributed by atoms with Crippen molar-refractivity contribution in [3.63, 3.8) is 0 Å². The number of carbonyl (C=O) groups excluding carboxylic acids is 1. The number of nitrogens with one attached hydrogen (secondary N) is 2. The molecule has 0 spiro atoms. The van der Waals surface area contributed by atoms with Crippen molar-refractivity contribution in [1.29, 1.82) is 0 Å². The molecule has 1 aromatic heterocycles. The van der Waals surface area contributed by atoms with Gasteiger partial charge in [-0.2, -0.15) is 0 Å². The molecular formula is C21H22N4O2. The smallest absolute Gasteiger partial charge is 0.336 e. The minimum atomic E-state index is -0.465. The van der Waals surface area contributed by atoms with Crippen LogP contribution in [0.3, 0.4) is 0 Å². The lowest BCUT2D eigenvalue weighted by Gasteiger charge is -2.02. The Morgan fingerprint density at radius 3 is 2.67 bits per heavy atom. The lowest BCUT2D eigenvalue weighted by atomic mass is 10.1. The van der Waals surface area contributed by atoms with Crippen molar-refractivity contribution in [1.82, 2.24) is 15.1 Å². The number of aromatic nitrogens is 2. The van der Waals surface area contributed by atoms with Crippen LogP contribution in [0.5, 0.6) is 0 Å². The van der Waals surface area contributed by atoms with Gasteiger partial charge in [-0.05, 0) is 43.5 Å². The van der Waals surface area contributed by atoms with E-state index in [9.17, 15) is 9.59 Å². The summed E-state index contributed by atoms with van der Waals surface area (Å²) in [5.41, 5.74) is 3.73. The second kappa shape index (κ2) is 8.31. The fourth-order valence-corrected chi connectivity index (χ4v) is 2.79. The number of carbonyl (C=O) groups is 1. The number of aromatic amines is 1. The van der Waals surface area contributed by atoms with E-state index in [0.29, 0.717) is 17.8 Å². The molecule has 0 atom stereocenters. The van der Waals surface area contributed by atoms with Crippen molar-refractivity contribution in [2.45, 2.75) is 20.3 Å². The number of rotatable bonds is 5. The Labute approximate surface area is 157 Å². The number of hydrogen-bond acceptors (Lipinski definition) is 2. The summed E-state index contributed by atoms with van der Waals surface area (Å²) in [6, 6.07) is 17.0. The Morgan fingerprint density at radius 2 is 1.93 bits per heavy atom. The van der Waals surface area contributed by atoms with Gasteiger partial charge in [0.2, 0.25) is 0 Å². The monoisotopic (exact) mass is 362 g/mol. The molecule has 2 aromatic carbocycles. The molecule has 0 saturated heterocycles. The van der Waals surface area contributed by atoms with E-state index in [1.165, 1.54) is 10.9 Å². The first kappa shape index (κ1) is 18.4. The quantitative estimate of drug-likeness (QED) is 0.684. The largest absolute Gasteiger partial charge is 0.340 e. The Hall–Kier alpha value is -3.41. The number of amides is 2. The van der Waals surface area contributed by atoms with E-state index in [2.05, 4.69) is 15.4 Å². The molecular weight excluding hydrogens is 340 g/mol. The molecule has 0 aliphatic rings. The summed E-state index contributed by atoms with van der Waals surface area (Å²) < 4.78 is 1.46. The predicted octanol–water partition coefficient (Wildman–Crippen LogP) is 3.15. The first-order valence-electron chi connectivity index (χ1n) is 8.79. The molecule has 3 rings (SSSR count). The van der Waals surface area contributed by atoms with E-state index in [1.54, 1.807) is 6.92 Å². The van der Waals surface area contributed by atoms with Crippen molar-refractivity contribution >= 4 is 12.2 Å². The molecule has 27 heavy (non-hydrogen) atoms. The summed E-state index contributed by atoms with van der Waals surface area (Å²) in [5.74, 6) is 0. The molecule has 0 radical (unpaired) electrons. The van der Waals surface area contributed by atoms with Gasteiger partial charge in [0.25, 0.3) is 5.56 Å². The Kier molecular flexibility index (Phi) is 5.66. The van der Waals surface area contributed by atoms with Crippen LogP contribution in [0.25, 0.3) is 5.69 Å². The Balaban J connectivity index is 1.66. The molecule has 0 aliphatic heterocycles. The number of H-pyrrole nitrogens is 1. The van der Waals surface area contributed by atoms with Gasteiger partial charge < -0.3 is 5.32 Å². The molecule has 2 amide bonds. The van der Waals surface area contributed by atoms with Gasteiger partial charge >= 0.3 is 6.03 Å². The van der Waals surface area contributed by atoms with Gasteiger partial charge in [0.05, 0.1) is 11.3 Å². The van der Waals surface area contributed by atoms with Crippen LogP contribution in [0, 0.1) is 13.8 Å². The maximum absolute atomic E-state index is 12.6. The summed E-state index contributed by atoms with van der Waals surface area (Å²) in [5, 5.41) is 5.76. The minimum Gasteiger partial charge on any atom is -0.336 e. The molecule has 2 N–H and O–H groups in total. The Bertz CT molecular complexity index is 1020. The van der Waals surface area contributed by atoms with Crippen LogP contribution >= 0.6 is 0 Å². The zero-order chi connectivity index (χ0) is 19.2. The highest BCUT2D eigenvalue weighted by Crippen LogP contribution is 2.08. The van der Waals surface area contributed by atoms with Gasteiger partial charge in [0, 0.05) is 18.5 Å². The zero-order valence-electron chi connectivity index (χ0n) is 15.4. The van der Waals surface area contributed by atoms with E-state index in [1.807, 2.05) is 61.5 Å². The summed E-state index contributed by atoms with van der Waals surface area (Å²) >= 11 is 0. The van der Waals surface area contributed by atoms with Crippen LogP contribution in [0.4, 0.5) is 4.79 Å². The van der Waals surface area contributed by atoms with Crippen molar-refractivity contribution < 1.29 is 4.79 Å². The van der Waals surface area contributed by atoms with Gasteiger partial charge in [-0.1, -0.05) is 42.5 Å². The average molecular weight is 362 g/mol. The maximum atomic E-state index is 12.6. The third-order valence-corrected chi connectivity index (χ3v) is 4.22. The van der Waals surface area contributed by atoms with E-state index in [4.69, 9.17) is 0 Å². The third-order valence-electron chi connectivity index (χ3n) is 4.22. The third kappa shape index (κ3) is 4.61. The number of nitrogens with zero attached hydrogens (tertiary/aromatic N) is 2. The van der Waals surface area contributed by atoms with Crippen LogP contribution in [-0.2, 0) is 6.42 Å². The SMILES string of the molecule is Cc1cccc(-n2[nH]c(C)c(C=NC(=O)NCCc3ccccc3)c2=O)c1. The van der Waals surface area contributed by atoms with Gasteiger partial charge in [0.1, 0.15) is 0 Å². The summed E-state index contributed by atoms with van der Waals surface area (Å²) in [6.07, 6.45) is 2.05. The maximum Gasteiger partial charge on any atom is 0.340 e. The van der Waals surface area contributed by atoms with Gasteiger partial charge in [-0.25, -0.2) is 14.5 Å². The van der Waals surface area contributed by atoms with Gasteiger partial charge in [-0.3, -0.25) is 9.89 Å². The fourth-order valence-electron chi connectivity index (χ4n) is 2.79. The first-order valence-corrected chi connectivity index (χ1v) is 8.79. The van der Waals surface area contributed by atoms with Crippen molar-refractivity contribution in [2.75, 3.05) is 6.54 Å². The first-order chi connectivity index (χ1) is 13.0. The van der Waals surface area contributed by atoms with E-state index < -0.39 is 6.03 Å². The molecule has 0 bridgehead atoms. The van der Waals surface area contributed by atoms with E-state index in [-0.39, 0.29) is 5.56 Å². The van der Waals surface area contributed by atoms with E-state index >= 15 is 0 Å². The standard InChI is InChI=1S/C21H22N4O2/c1-15-7-6-10-18(13-15)25-20(26)19(16(2)24-25)14-23-21(27)22-12-11-17-8-4-3-5-9-17/h3-10,13-14,24H,11-12H2,1-2H3,(H,22,27). The minimum absolute atomic E-state index is 0.237. The fraction of sp³-hybridized carbons (Fsp3) is 0.190. The summed E-state index contributed by atoms with van der Waals surface area (Å²) in [6.45, 7) is 4.23. The van der Waals surface area contributed by atoms with Gasteiger partial charge in [-0.15, -0.1) is 0 Å². The normalized spacial score (nSPS) is 11.0. The number of benzene rings is 2. The molecule has 0 saturated carbocycles. The van der Waals surface area contributed by atoms with Crippen LogP contribution < -0.4 is 10.9 Å². The second-order valence-electron chi connectivity index (χ2n) is 6.36. The average Bonchev–Trinajstić information content (AvgIpc) is 2.95. The molecule has 138 valence electrons. The molecule has 0 unspecified atom stereocenters. The molecule has 1 heterocycles. The molecule has 6 heteroatoms. The predicted molar refractivity (Wildman–Crippen MR) is 107 cm³/mol. The Morgan fingerprint density at radius 1 is 1.15 bits per heavy atom. The van der Waals surface area contributed by atoms with Crippen molar-refractivity contribution in [2.24, 2.45) is 4.99 Å². The summed E-state index contributed by atoms with van der Waals surface area (Å²) in [7, 11) is 0. The topological polar surface area (TPSA) is 79.2 Å². The molecule has 6 nitrogen and oxygen atoms in total. The lowest BCUT2D eigenvalue weighted by molar-refractivity contribution is 0.249. The highest BCUT2D eigenvalue weighted by molar-refractivity contribution is 5.91. The van der Waals surface area contributed by atoms with Crippen molar-refractivity contribution in [3.05, 3.63) is 87.3 Å². The lowest BCUT2D eigenvalue weighted by Crippen LogP contribution is -2.23. The number of aryl methyl sites for hydroxylation is 2. The molecule has 0 fully saturated rings. The number of urea groups is 1. The van der Waals surface area contributed by atoms with Gasteiger partial charge in [0.15, 0.2) is 0 Å². The number of hydrogen-bond donors (Lipinski definition) is 2.